The molecule has 0 aliphatic rings. The number of benzene rings is 1. The Kier molecular flexibility index (Phi) is 8.41. The lowest BCUT2D eigenvalue weighted by molar-refractivity contribution is -0.116. The molecule has 2 aromatic rings. The third-order valence-electron chi connectivity index (χ3n) is 4.09. The van der Waals surface area contributed by atoms with Gasteiger partial charge in [-0.3, -0.25) is 9.48 Å². The molecule has 1 heterocycles. The molecule has 0 aliphatic heterocycles. The fourth-order valence-electron chi connectivity index (χ4n) is 2.79. The number of aromatic nitrogens is 2. The van der Waals surface area contributed by atoms with Crippen molar-refractivity contribution >= 4 is 35.2 Å². The predicted molar refractivity (Wildman–Crippen MR) is 117 cm³/mol. The van der Waals surface area contributed by atoms with Gasteiger partial charge < -0.3 is 14.8 Å². The first-order valence-corrected chi connectivity index (χ1v) is 10.2. The van der Waals surface area contributed by atoms with E-state index < -0.39 is 0 Å². The van der Waals surface area contributed by atoms with Crippen LogP contribution in [0.15, 0.2) is 18.2 Å². The molecule has 2 rings (SSSR count). The van der Waals surface area contributed by atoms with Gasteiger partial charge >= 0.3 is 0 Å². The van der Waals surface area contributed by atoms with Crippen molar-refractivity contribution in [2.45, 2.75) is 40.8 Å². The molecule has 1 aromatic carbocycles. The van der Waals surface area contributed by atoms with Gasteiger partial charge in [0.15, 0.2) is 11.5 Å². The normalized spacial score (nSPS) is 11.3. The van der Waals surface area contributed by atoms with E-state index in [0.717, 1.165) is 23.4 Å². The minimum absolute atomic E-state index is 0.249. The Balaban J connectivity index is 2.05. The number of hydrogen-bond donors (Lipinski definition) is 1. The van der Waals surface area contributed by atoms with Gasteiger partial charge in [-0.1, -0.05) is 37.0 Å². The van der Waals surface area contributed by atoms with Crippen LogP contribution < -0.4 is 14.8 Å². The van der Waals surface area contributed by atoms with Crippen LogP contribution in [0.2, 0.25) is 10.2 Å². The minimum atomic E-state index is -0.249. The summed E-state index contributed by atoms with van der Waals surface area (Å²) < 4.78 is 12.6. The molecule has 1 aromatic heterocycles. The summed E-state index contributed by atoms with van der Waals surface area (Å²) in [6.45, 7) is 9.43. The highest BCUT2D eigenvalue weighted by Crippen LogP contribution is 2.36. The second kappa shape index (κ2) is 10.6. The number of nitrogens with zero attached hydrogens (tertiary/aromatic N) is 2. The predicted octanol–water partition coefficient (Wildman–Crippen LogP) is 4.89. The van der Waals surface area contributed by atoms with Gasteiger partial charge in [-0.25, -0.2) is 0 Å². The molecule has 8 heteroatoms. The molecule has 0 spiro atoms. The number of ether oxygens (including phenoxy) is 2. The highest BCUT2D eigenvalue weighted by Gasteiger charge is 2.13. The van der Waals surface area contributed by atoms with E-state index in [4.69, 9.17) is 32.7 Å². The second-order valence-electron chi connectivity index (χ2n) is 6.96. The Labute approximate surface area is 181 Å². The van der Waals surface area contributed by atoms with E-state index >= 15 is 0 Å². The van der Waals surface area contributed by atoms with Crippen molar-refractivity contribution in [3.63, 3.8) is 0 Å². The van der Waals surface area contributed by atoms with Crippen LogP contribution in [0.5, 0.6) is 11.5 Å². The van der Waals surface area contributed by atoms with Gasteiger partial charge in [0.2, 0.25) is 5.91 Å². The van der Waals surface area contributed by atoms with E-state index in [1.54, 1.807) is 30.0 Å². The van der Waals surface area contributed by atoms with E-state index in [-0.39, 0.29) is 5.91 Å². The number of carbonyl (C=O) groups is 1. The number of methoxy groups -OCH3 is 1. The van der Waals surface area contributed by atoms with E-state index in [0.29, 0.717) is 40.7 Å². The summed E-state index contributed by atoms with van der Waals surface area (Å²) in [4.78, 5) is 12.2. The highest BCUT2D eigenvalue weighted by molar-refractivity contribution is 6.32. The molecule has 29 heavy (non-hydrogen) atoms. The second-order valence-corrected chi connectivity index (χ2v) is 7.72. The molecule has 0 saturated heterocycles. The molecule has 0 atom stereocenters. The van der Waals surface area contributed by atoms with Crippen LogP contribution in [0, 0.1) is 12.8 Å². The van der Waals surface area contributed by atoms with Gasteiger partial charge in [-0.05, 0) is 43.5 Å². The quantitative estimate of drug-likeness (QED) is 0.564. The van der Waals surface area contributed by atoms with Crippen molar-refractivity contribution in [2.75, 3.05) is 13.7 Å². The van der Waals surface area contributed by atoms with Crippen LogP contribution in [0.3, 0.4) is 0 Å². The molecule has 6 nitrogen and oxygen atoms in total. The summed E-state index contributed by atoms with van der Waals surface area (Å²) in [6.07, 6.45) is 3.13. The molecular weight excluding hydrogens is 413 g/mol. The lowest BCUT2D eigenvalue weighted by Crippen LogP contribution is -2.20. The zero-order valence-corrected chi connectivity index (χ0v) is 18.9. The van der Waals surface area contributed by atoms with Crippen LogP contribution in [0.4, 0.5) is 0 Å². The van der Waals surface area contributed by atoms with Crippen molar-refractivity contribution < 1.29 is 14.3 Å². The van der Waals surface area contributed by atoms with Crippen molar-refractivity contribution in [3.05, 3.63) is 45.2 Å². The number of aryl methyl sites for hydroxylation is 1. The zero-order chi connectivity index (χ0) is 21.6. The first-order valence-electron chi connectivity index (χ1n) is 9.44. The summed E-state index contributed by atoms with van der Waals surface area (Å²) in [5, 5.41) is 8.23. The van der Waals surface area contributed by atoms with Crippen LogP contribution in [-0.2, 0) is 17.9 Å². The van der Waals surface area contributed by atoms with Gasteiger partial charge in [-0.15, -0.1) is 0 Å². The van der Waals surface area contributed by atoms with E-state index in [9.17, 15) is 4.79 Å². The van der Waals surface area contributed by atoms with Crippen LogP contribution in [-0.4, -0.2) is 29.4 Å². The molecule has 0 aliphatic carbocycles. The Hall–Kier alpha value is -2.18. The van der Waals surface area contributed by atoms with Crippen molar-refractivity contribution in [1.82, 2.24) is 15.1 Å². The molecule has 0 unspecified atom stereocenters. The van der Waals surface area contributed by atoms with Gasteiger partial charge in [0, 0.05) is 24.7 Å². The number of halogens is 2. The summed E-state index contributed by atoms with van der Waals surface area (Å²) in [5.41, 5.74) is 2.33. The molecule has 158 valence electrons. The topological polar surface area (TPSA) is 65.4 Å². The minimum Gasteiger partial charge on any atom is -0.493 e. The Morgan fingerprint density at radius 2 is 2.07 bits per heavy atom. The van der Waals surface area contributed by atoms with E-state index in [1.165, 1.54) is 6.08 Å². The monoisotopic (exact) mass is 439 g/mol. The SMILES string of the molecule is CCOc1c(Cl)cc(CNC(=O)C=Cc2c(C)nn(CC(C)C)c2Cl)cc1OC. The van der Waals surface area contributed by atoms with Crippen molar-refractivity contribution in [3.8, 4) is 11.5 Å². The Morgan fingerprint density at radius 3 is 2.69 bits per heavy atom. The smallest absolute Gasteiger partial charge is 0.244 e. The lowest BCUT2D eigenvalue weighted by atomic mass is 10.2. The molecular formula is C21H27Cl2N3O3. The maximum absolute atomic E-state index is 12.2. The Morgan fingerprint density at radius 1 is 1.34 bits per heavy atom. The molecule has 0 bridgehead atoms. The molecule has 1 amide bonds. The van der Waals surface area contributed by atoms with Crippen LogP contribution in [0.1, 0.15) is 37.6 Å². The van der Waals surface area contributed by atoms with Gasteiger partial charge in [0.05, 0.1) is 24.4 Å². The van der Waals surface area contributed by atoms with Gasteiger partial charge in [0.1, 0.15) is 5.15 Å². The van der Waals surface area contributed by atoms with Gasteiger partial charge in [-0.2, -0.15) is 5.10 Å². The Bertz CT molecular complexity index is 892. The summed E-state index contributed by atoms with van der Waals surface area (Å²) in [6, 6.07) is 3.54. The van der Waals surface area contributed by atoms with E-state index in [2.05, 4.69) is 24.3 Å². The molecule has 0 fully saturated rings. The lowest BCUT2D eigenvalue weighted by Gasteiger charge is -2.13. The van der Waals surface area contributed by atoms with Gasteiger partial charge in [0.25, 0.3) is 0 Å². The third kappa shape index (κ3) is 6.15. The fraction of sp³-hybridized carbons (Fsp3) is 0.429. The summed E-state index contributed by atoms with van der Waals surface area (Å²) in [7, 11) is 1.55. The molecule has 1 N–H and O–H groups in total. The van der Waals surface area contributed by atoms with Crippen LogP contribution in [0.25, 0.3) is 6.08 Å². The maximum Gasteiger partial charge on any atom is 0.244 e. The first kappa shape index (κ1) is 23.1. The third-order valence-corrected chi connectivity index (χ3v) is 4.77. The molecule has 0 radical (unpaired) electrons. The number of nitrogens with one attached hydrogen (secondary N) is 1. The number of rotatable bonds is 9. The standard InChI is InChI=1S/C21H27Cl2N3O3/c1-6-29-20-17(22)9-15(10-18(20)28-5)11-24-19(27)8-7-16-14(4)25-26(21(16)23)12-13(2)3/h7-10,13H,6,11-12H2,1-5H3,(H,24,27). The van der Waals surface area contributed by atoms with E-state index in [1.807, 2.05) is 13.8 Å². The van der Waals surface area contributed by atoms with Crippen LogP contribution >= 0.6 is 23.2 Å². The number of carbonyl (C=O) groups excluding carboxylic acids is 1. The van der Waals surface area contributed by atoms with Crippen molar-refractivity contribution in [2.24, 2.45) is 5.92 Å². The highest BCUT2D eigenvalue weighted by atomic mass is 35.5. The number of amides is 1. The summed E-state index contributed by atoms with van der Waals surface area (Å²) >= 11 is 12.7. The average Bonchev–Trinajstić information content (AvgIpc) is 2.92. The maximum atomic E-state index is 12.2. The average molecular weight is 440 g/mol. The summed E-state index contributed by atoms with van der Waals surface area (Å²) in [5.74, 6) is 1.19. The first-order chi connectivity index (χ1) is 13.8. The zero-order valence-electron chi connectivity index (χ0n) is 17.4. The number of hydrogen-bond acceptors (Lipinski definition) is 4. The fourth-order valence-corrected chi connectivity index (χ4v) is 3.38. The molecule has 0 saturated carbocycles. The van der Waals surface area contributed by atoms with Crippen molar-refractivity contribution in [1.29, 1.82) is 0 Å². The largest absolute Gasteiger partial charge is 0.493 e.